The molecule has 0 unspecified atom stereocenters. The highest BCUT2D eigenvalue weighted by Crippen LogP contribution is 2.32. The van der Waals surface area contributed by atoms with Gasteiger partial charge in [0.15, 0.2) is 0 Å². The number of hydrogen-bond donors (Lipinski definition) is 1. The van der Waals surface area contributed by atoms with Crippen molar-refractivity contribution in [3.8, 4) is 5.75 Å². The number of benzene rings is 2. The highest BCUT2D eigenvalue weighted by Gasteiger charge is 2.34. The average Bonchev–Trinajstić information content (AvgIpc) is 2.98. The summed E-state index contributed by atoms with van der Waals surface area (Å²) in [5, 5.41) is 8.61. The fourth-order valence-electron chi connectivity index (χ4n) is 2.60. The number of nitrogens with zero attached hydrogens (tertiary/aromatic N) is 1. The number of carboxylic acids is 1. The summed E-state index contributed by atoms with van der Waals surface area (Å²) in [6, 6.07) is 13.6. The summed E-state index contributed by atoms with van der Waals surface area (Å²) in [4.78, 5) is 36.7. The first kappa shape index (κ1) is 20.6. The number of imide groups is 1. The molecule has 8 heteroatoms. The van der Waals surface area contributed by atoms with Crippen LogP contribution in [0.1, 0.15) is 21.5 Å². The first-order chi connectivity index (χ1) is 14.0. The zero-order valence-electron chi connectivity index (χ0n) is 15.7. The largest absolute Gasteiger partial charge is 0.489 e. The molecule has 0 aliphatic carbocycles. The van der Waals surface area contributed by atoms with E-state index in [1.807, 2.05) is 0 Å². The quantitative estimate of drug-likeness (QED) is 0.660. The standard InChI is InChI=1S/C21H19NO6S/c1-27-11-10-22-19(23)18(29-21(22)26)12-14-4-8-17(9-5-14)28-13-15-2-6-16(7-3-15)20(24)25/h2-9,12H,10-11,13H2,1H3,(H,24,25)/b18-12+. The highest BCUT2D eigenvalue weighted by atomic mass is 32.2. The molecule has 3 rings (SSSR count). The van der Waals surface area contributed by atoms with Crippen molar-refractivity contribution in [2.24, 2.45) is 0 Å². The predicted octanol–water partition coefficient (Wildman–Crippen LogP) is 3.65. The van der Waals surface area contributed by atoms with Crippen LogP contribution in [0.2, 0.25) is 0 Å². The van der Waals surface area contributed by atoms with E-state index < -0.39 is 5.97 Å². The number of carboxylic acid groups (broad SMARTS) is 1. The van der Waals surface area contributed by atoms with Crippen LogP contribution in [0, 0.1) is 0 Å². The molecule has 0 saturated carbocycles. The zero-order valence-corrected chi connectivity index (χ0v) is 16.5. The number of carbonyl (C=O) groups is 3. The molecule has 2 amide bonds. The van der Waals surface area contributed by atoms with Gasteiger partial charge in [0, 0.05) is 7.11 Å². The van der Waals surface area contributed by atoms with E-state index in [1.165, 1.54) is 24.1 Å². The average molecular weight is 413 g/mol. The molecule has 1 N–H and O–H groups in total. The van der Waals surface area contributed by atoms with Crippen molar-refractivity contribution in [3.63, 3.8) is 0 Å². The van der Waals surface area contributed by atoms with E-state index >= 15 is 0 Å². The molecule has 29 heavy (non-hydrogen) atoms. The Morgan fingerprint density at radius 1 is 1.10 bits per heavy atom. The number of amides is 2. The van der Waals surface area contributed by atoms with Crippen LogP contribution in [0.5, 0.6) is 5.75 Å². The van der Waals surface area contributed by atoms with Crippen molar-refractivity contribution < 1.29 is 29.0 Å². The lowest BCUT2D eigenvalue weighted by molar-refractivity contribution is -0.123. The van der Waals surface area contributed by atoms with Gasteiger partial charge in [0.2, 0.25) is 0 Å². The molecule has 1 saturated heterocycles. The van der Waals surface area contributed by atoms with Crippen molar-refractivity contribution in [1.82, 2.24) is 4.90 Å². The maximum Gasteiger partial charge on any atom is 0.335 e. The summed E-state index contributed by atoms with van der Waals surface area (Å²) in [7, 11) is 1.52. The minimum atomic E-state index is -0.968. The fourth-order valence-corrected chi connectivity index (χ4v) is 3.46. The van der Waals surface area contributed by atoms with E-state index in [4.69, 9.17) is 14.6 Å². The van der Waals surface area contributed by atoms with Crippen molar-refractivity contribution in [1.29, 1.82) is 0 Å². The minimum Gasteiger partial charge on any atom is -0.489 e. The van der Waals surface area contributed by atoms with Crippen LogP contribution >= 0.6 is 11.8 Å². The van der Waals surface area contributed by atoms with Gasteiger partial charge in [0.25, 0.3) is 11.1 Å². The molecular formula is C21H19NO6S. The van der Waals surface area contributed by atoms with Crippen LogP contribution in [0.15, 0.2) is 53.4 Å². The lowest BCUT2D eigenvalue weighted by Crippen LogP contribution is -2.31. The van der Waals surface area contributed by atoms with Gasteiger partial charge in [0.05, 0.1) is 23.6 Å². The Kier molecular flexibility index (Phi) is 6.69. The molecule has 0 bridgehead atoms. The van der Waals surface area contributed by atoms with Crippen molar-refractivity contribution in [2.75, 3.05) is 20.3 Å². The second-order valence-electron chi connectivity index (χ2n) is 6.19. The van der Waals surface area contributed by atoms with Crippen LogP contribution in [0.25, 0.3) is 6.08 Å². The number of hydrogen-bond acceptors (Lipinski definition) is 6. The maximum atomic E-state index is 12.3. The number of methoxy groups -OCH3 is 1. The Bertz CT molecular complexity index is 937. The van der Waals surface area contributed by atoms with Gasteiger partial charge < -0.3 is 14.6 Å². The predicted molar refractivity (Wildman–Crippen MR) is 109 cm³/mol. The lowest BCUT2D eigenvalue weighted by Gasteiger charge is -2.10. The fraction of sp³-hybridized carbons (Fsp3) is 0.190. The van der Waals surface area contributed by atoms with Crippen molar-refractivity contribution >= 4 is 35.0 Å². The first-order valence-electron chi connectivity index (χ1n) is 8.77. The Labute approximate surface area is 171 Å². The molecule has 1 aliphatic heterocycles. The Hall–Kier alpha value is -3.10. The highest BCUT2D eigenvalue weighted by molar-refractivity contribution is 8.18. The third kappa shape index (κ3) is 5.24. The molecule has 150 valence electrons. The molecule has 0 spiro atoms. The third-order valence-corrected chi connectivity index (χ3v) is 5.08. The van der Waals surface area contributed by atoms with Gasteiger partial charge in [-0.25, -0.2) is 4.79 Å². The molecule has 7 nitrogen and oxygen atoms in total. The number of thioether (sulfide) groups is 1. The second-order valence-corrected chi connectivity index (χ2v) is 7.18. The molecular weight excluding hydrogens is 394 g/mol. The van der Waals surface area contributed by atoms with E-state index in [2.05, 4.69) is 0 Å². The molecule has 1 heterocycles. The number of rotatable bonds is 8. The summed E-state index contributed by atoms with van der Waals surface area (Å²) in [5.74, 6) is -0.649. The smallest absolute Gasteiger partial charge is 0.335 e. The molecule has 1 fully saturated rings. The van der Waals surface area contributed by atoms with Gasteiger partial charge in [-0.05, 0) is 53.2 Å². The summed E-state index contributed by atoms with van der Waals surface area (Å²) in [6.07, 6.45) is 1.67. The summed E-state index contributed by atoms with van der Waals surface area (Å²) in [5.41, 5.74) is 1.86. The Balaban J connectivity index is 1.60. The van der Waals surface area contributed by atoms with Gasteiger partial charge >= 0.3 is 5.97 Å². The van der Waals surface area contributed by atoms with Gasteiger partial charge in [-0.15, -0.1) is 0 Å². The molecule has 1 aliphatic rings. The van der Waals surface area contributed by atoms with E-state index in [0.717, 1.165) is 22.9 Å². The minimum absolute atomic E-state index is 0.227. The SMILES string of the molecule is COCCN1C(=O)S/C(=C/c2ccc(OCc3ccc(C(=O)O)cc3)cc2)C1=O. The van der Waals surface area contributed by atoms with Crippen LogP contribution in [-0.2, 0) is 16.1 Å². The third-order valence-electron chi connectivity index (χ3n) is 4.18. The first-order valence-corrected chi connectivity index (χ1v) is 9.59. The monoisotopic (exact) mass is 413 g/mol. The molecule has 2 aromatic rings. The topological polar surface area (TPSA) is 93.1 Å². The van der Waals surface area contributed by atoms with Crippen LogP contribution < -0.4 is 4.74 Å². The summed E-state index contributed by atoms with van der Waals surface area (Å²) >= 11 is 0.912. The molecule has 2 aromatic carbocycles. The molecule has 0 atom stereocenters. The van der Waals surface area contributed by atoms with Crippen LogP contribution in [0.3, 0.4) is 0 Å². The number of aromatic carboxylic acids is 1. The van der Waals surface area contributed by atoms with E-state index in [-0.39, 0.29) is 23.3 Å². The number of ether oxygens (including phenoxy) is 2. The van der Waals surface area contributed by atoms with Crippen LogP contribution in [0.4, 0.5) is 4.79 Å². The number of carbonyl (C=O) groups excluding carboxylic acids is 2. The van der Waals surface area contributed by atoms with Gasteiger partial charge in [0.1, 0.15) is 12.4 Å². The maximum absolute atomic E-state index is 12.3. The Morgan fingerprint density at radius 3 is 2.41 bits per heavy atom. The van der Waals surface area contributed by atoms with E-state index in [9.17, 15) is 14.4 Å². The van der Waals surface area contributed by atoms with E-state index in [0.29, 0.717) is 23.9 Å². The molecule has 0 aromatic heterocycles. The van der Waals surface area contributed by atoms with Gasteiger partial charge in [-0.1, -0.05) is 24.3 Å². The second kappa shape index (κ2) is 9.40. The Morgan fingerprint density at radius 2 is 1.79 bits per heavy atom. The molecule has 0 radical (unpaired) electrons. The van der Waals surface area contributed by atoms with Crippen LogP contribution in [-0.4, -0.2) is 47.4 Å². The van der Waals surface area contributed by atoms with Gasteiger partial charge in [-0.2, -0.15) is 0 Å². The van der Waals surface area contributed by atoms with Gasteiger partial charge in [-0.3, -0.25) is 14.5 Å². The lowest BCUT2D eigenvalue weighted by atomic mass is 10.1. The zero-order chi connectivity index (χ0) is 20.8. The van der Waals surface area contributed by atoms with Crippen molar-refractivity contribution in [3.05, 3.63) is 70.1 Å². The summed E-state index contributed by atoms with van der Waals surface area (Å²) < 4.78 is 10.6. The summed E-state index contributed by atoms with van der Waals surface area (Å²) in [6.45, 7) is 0.840. The van der Waals surface area contributed by atoms with Crippen molar-refractivity contribution in [2.45, 2.75) is 6.61 Å². The van der Waals surface area contributed by atoms with E-state index in [1.54, 1.807) is 42.5 Å². The normalized spacial score (nSPS) is 15.2.